The number of nitrogens with one attached hydrogen (secondary N) is 2. The van der Waals surface area contributed by atoms with Crippen LogP contribution in [0.5, 0.6) is 0 Å². The van der Waals surface area contributed by atoms with E-state index in [1.807, 2.05) is 29.6 Å². The van der Waals surface area contributed by atoms with Gasteiger partial charge in [0.1, 0.15) is 5.01 Å². The molecule has 1 aromatic heterocycles. The number of carbonyl (C=O) groups is 3. The van der Waals surface area contributed by atoms with Gasteiger partial charge in [0.05, 0.1) is 18.7 Å². The smallest absolute Gasteiger partial charge is 0.254 e. The second-order valence-electron chi connectivity index (χ2n) is 7.38. The third-order valence-corrected chi connectivity index (χ3v) is 6.19. The van der Waals surface area contributed by atoms with Crippen LogP contribution in [0.2, 0.25) is 5.02 Å². The second-order valence-corrected chi connectivity index (χ2v) is 8.67. The Kier molecular flexibility index (Phi) is 6.82. The van der Waals surface area contributed by atoms with Crippen LogP contribution in [0.15, 0.2) is 53.9 Å². The number of hydrogen-bond acceptors (Lipinski definition) is 5. The van der Waals surface area contributed by atoms with Gasteiger partial charge in [0.15, 0.2) is 0 Å². The van der Waals surface area contributed by atoms with E-state index in [4.69, 9.17) is 11.6 Å². The Labute approximate surface area is 194 Å². The number of carbonyl (C=O) groups excluding carboxylic acids is 3. The highest BCUT2D eigenvalue weighted by molar-refractivity contribution is 7.13. The quantitative estimate of drug-likeness (QED) is 0.582. The van der Waals surface area contributed by atoms with E-state index in [-0.39, 0.29) is 30.7 Å². The van der Waals surface area contributed by atoms with E-state index in [1.165, 1.54) is 16.2 Å². The largest absolute Gasteiger partial charge is 0.353 e. The average Bonchev–Trinajstić information content (AvgIpc) is 3.26. The van der Waals surface area contributed by atoms with Crippen molar-refractivity contribution in [2.75, 3.05) is 19.6 Å². The second kappa shape index (κ2) is 9.93. The van der Waals surface area contributed by atoms with Crippen molar-refractivity contribution in [1.29, 1.82) is 0 Å². The van der Waals surface area contributed by atoms with Crippen LogP contribution >= 0.6 is 22.9 Å². The van der Waals surface area contributed by atoms with Crippen LogP contribution in [0.1, 0.15) is 21.6 Å². The molecule has 0 atom stereocenters. The zero-order valence-electron chi connectivity index (χ0n) is 17.1. The van der Waals surface area contributed by atoms with Crippen molar-refractivity contribution < 1.29 is 14.4 Å². The van der Waals surface area contributed by atoms with Gasteiger partial charge in [0, 0.05) is 41.2 Å². The lowest BCUT2D eigenvalue weighted by molar-refractivity contribution is -0.123. The lowest BCUT2D eigenvalue weighted by atomic mass is 10.1. The fourth-order valence-corrected chi connectivity index (χ4v) is 4.25. The number of hydrogen-bond donors (Lipinski definition) is 2. The van der Waals surface area contributed by atoms with E-state index in [2.05, 4.69) is 15.6 Å². The lowest BCUT2D eigenvalue weighted by Crippen LogP contribution is -2.49. The van der Waals surface area contributed by atoms with Gasteiger partial charge in [-0.05, 0) is 29.8 Å². The molecule has 2 N–H and O–H groups in total. The first-order valence-electron chi connectivity index (χ1n) is 10.1. The Morgan fingerprint density at radius 3 is 2.59 bits per heavy atom. The molecule has 1 fully saturated rings. The molecule has 1 aliphatic heterocycles. The van der Waals surface area contributed by atoms with Gasteiger partial charge in [0.2, 0.25) is 11.8 Å². The Bertz CT molecular complexity index is 1130. The molecular formula is C23H21ClN4O3S. The van der Waals surface area contributed by atoms with E-state index in [0.29, 0.717) is 35.9 Å². The number of halogens is 1. The van der Waals surface area contributed by atoms with Crippen molar-refractivity contribution in [2.24, 2.45) is 0 Å². The molecule has 2 heterocycles. The van der Waals surface area contributed by atoms with E-state index in [1.54, 1.807) is 24.3 Å². The van der Waals surface area contributed by atoms with E-state index < -0.39 is 0 Å². The van der Waals surface area contributed by atoms with Gasteiger partial charge in [-0.3, -0.25) is 14.4 Å². The highest BCUT2D eigenvalue weighted by Gasteiger charge is 2.22. The zero-order chi connectivity index (χ0) is 22.5. The molecule has 164 valence electrons. The lowest BCUT2D eigenvalue weighted by Gasteiger charge is -2.26. The molecule has 7 nitrogen and oxygen atoms in total. The highest BCUT2D eigenvalue weighted by atomic mass is 35.5. The number of amides is 3. The summed E-state index contributed by atoms with van der Waals surface area (Å²) < 4.78 is 0. The van der Waals surface area contributed by atoms with Gasteiger partial charge in [-0.2, -0.15) is 0 Å². The summed E-state index contributed by atoms with van der Waals surface area (Å²) in [6.07, 6.45) is 0.192. The number of thiazole rings is 1. The molecule has 0 radical (unpaired) electrons. The standard InChI is InChI=1S/C23H21ClN4O3S/c24-18-7-5-16(6-8-18)22-27-19(14-32-22)11-20(29)26-12-15-1-3-17(4-2-15)23(31)28-10-9-25-21(30)13-28/h1-8,14H,9-13H2,(H,25,30)(H,26,29). The molecule has 2 aromatic carbocycles. The summed E-state index contributed by atoms with van der Waals surface area (Å²) in [7, 11) is 0. The first kappa shape index (κ1) is 22.0. The van der Waals surface area contributed by atoms with Crippen molar-refractivity contribution in [1.82, 2.24) is 20.5 Å². The predicted molar refractivity (Wildman–Crippen MR) is 123 cm³/mol. The number of aromatic nitrogens is 1. The fraction of sp³-hybridized carbons (Fsp3) is 0.217. The molecule has 1 aliphatic rings. The van der Waals surface area contributed by atoms with Crippen molar-refractivity contribution in [3.8, 4) is 10.6 Å². The van der Waals surface area contributed by atoms with Gasteiger partial charge < -0.3 is 15.5 Å². The van der Waals surface area contributed by atoms with Gasteiger partial charge >= 0.3 is 0 Å². The van der Waals surface area contributed by atoms with Gasteiger partial charge in [0.25, 0.3) is 5.91 Å². The number of rotatable bonds is 6. The van der Waals surface area contributed by atoms with E-state index in [0.717, 1.165) is 16.1 Å². The molecule has 3 amide bonds. The summed E-state index contributed by atoms with van der Waals surface area (Å²) in [6, 6.07) is 14.5. The summed E-state index contributed by atoms with van der Waals surface area (Å²) in [4.78, 5) is 42.4. The summed E-state index contributed by atoms with van der Waals surface area (Å²) in [5, 5.41) is 8.97. The SMILES string of the molecule is O=C(Cc1csc(-c2ccc(Cl)cc2)n1)NCc1ccc(C(=O)N2CCNC(=O)C2)cc1. The normalized spacial score (nSPS) is 13.5. The minimum Gasteiger partial charge on any atom is -0.353 e. The van der Waals surface area contributed by atoms with Crippen LogP contribution in [0.4, 0.5) is 0 Å². The molecule has 0 bridgehead atoms. The Balaban J connectivity index is 1.28. The van der Waals surface area contributed by atoms with Crippen molar-refractivity contribution in [3.63, 3.8) is 0 Å². The molecule has 0 aliphatic carbocycles. The molecule has 1 saturated heterocycles. The molecule has 32 heavy (non-hydrogen) atoms. The average molecular weight is 469 g/mol. The van der Waals surface area contributed by atoms with Crippen molar-refractivity contribution in [3.05, 3.63) is 75.8 Å². The maximum Gasteiger partial charge on any atom is 0.254 e. The Morgan fingerprint density at radius 2 is 1.88 bits per heavy atom. The maximum absolute atomic E-state index is 12.5. The molecule has 3 aromatic rings. The van der Waals surface area contributed by atoms with Crippen LogP contribution < -0.4 is 10.6 Å². The number of piperazine rings is 1. The van der Waals surface area contributed by atoms with Crippen LogP contribution in [-0.2, 0) is 22.6 Å². The van der Waals surface area contributed by atoms with Crippen LogP contribution in [0, 0.1) is 0 Å². The van der Waals surface area contributed by atoms with E-state index >= 15 is 0 Å². The van der Waals surface area contributed by atoms with Crippen LogP contribution in [0.25, 0.3) is 10.6 Å². The molecule has 0 spiro atoms. The van der Waals surface area contributed by atoms with Gasteiger partial charge in [-0.25, -0.2) is 4.98 Å². The van der Waals surface area contributed by atoms with Gasteiger partial charge in [-0.15, -0.1) is 11.3 Å². The summed E-state index contributed by atoms with van der Waals surface area (Å²) in [5.74, 6) is -0.447. The number of nitrogens with zero attached hydrogens (tertiary/aromatic N) is 2. The zero-order valence-corrected chi connectivity index (χ0v) is 18.7. The molecule has 0 saturated carbocycles. The molecule has 0 unspecified atom stereocenters. The minimum atomic E-state index is -0.171. The molecule has 9 heteroatoms. The first-order valence-corrected chi connectivity index (χ1v) is 11.4. The fourth-order valence-electron chi connectivity index (χ4n) is 3.30. The Morgan fingerprint density at radius 1 is 1.12 bits per heavy atom. The van der Waals surface area contributed by atoms with Crippen LogP contribution in [0.3, 0.4) is 0 Å². The third kappa shape index (κ3) is 5.52. The van der Waals surface area contributed by atoms with E-state index in [9.17, 15) is 14.4 Å². The van der Waals surface area contributed by atoms with Gasteiger partial charge in [-0.1, -0.05) is 35.9 Å². The summed E-state index contributed by atoms with van der Waals surface area (Å²) in [6.45, 7) is 1.40. The van der Waals surface area contributed by atoms with Crippen molar-refractivity contribution >= 4 is 40.7 Å². The number of benzene rings is 2. The molecule has 4 rings (SSSR count). The highest BCUT2D eigenvalue weighted by Crippen LogP contribution is 2.25. The predicted octanol–water partition coefficient (Wildman–Crippen LogP) is 2.89. The Hall–Kier alpha value is -3.23. The summed E-state index contributed by atoms with van der Waals surface area (Å²) in [5.41, 5.74) is 3.08. The first-order chi connectivity index (χ1) is 15.5. The molecular weight excluding hydrogens is 448 g/mol. The monoisotopic (exact) mass is 468 g/mol. The maximum atomic E-state index is 12.5. The van der Waals surface area contributed by atoms with Crippen molar-refractivity contribution in [2.45, 2.75) is 13.0 Å². The minimum absolute atomic E-state index is 0.0764. The topological polar surface area (TPSA) is 91.4 Å². The third-order valence-electron chi connectivity index (χ3n) is 5.00. The summed E-state index contributed by atoms with van der Waals surface area (Å²) >= 11 is 7.41. The van der Waals surface area contributed by atoms with Crippen LogP contribution in [-0.4, -0.2) is 47.2 Å².